The van der Waals surface area contributed by atoms with E-state index in [0.717, 1.165) is 19.3 Å². The Kier molecular flexibility index (Phi) is 5.90. The van der Waals surface area contributed by atoms with Gasteiger partial charge in [0.1, 0.15) is 22.6 Å². The minimum absolute atomic E-state index is 0.0794. The summed E-state index contributed by atoms with van der Waals surface area (Å²) in [7, 11) is 2.84. The number of hydrogen-bond acceptors (Lipinski definition) is 7. The lowest BCUT2D eigenvalue weighted by molar-refractivity contribution is -0.140. The second-order valence-electron chi connectivity index (χ2n) is 6.89. The number of nitrogens with zero attached hydrogens (tertiary/aromatic N) is 1. The van der Waals surface area contributed by atoms with Crippen LogP contribution in [0.1, 0.15) is 42.5 Å². The van der Waals surface area contributed by atoms with Crippen LogP contribution < -0.4 is 20.2 Å². The lowest BCUT2D eigenvalue weighted by Gasteiger charge is -2.30. The maximum Gasteiger partial charge on any atom is 0.344 e. The van der Waals surface area contributed by atoms with Crippen molar-refractivity contribution in [3.8, 4) is 11.5 Å². The Bertz CT molecular complexity index is 833. The quantitative estimate of drug-likeness (QED) is 0.537. The number of carbonyl (C=O) groups is 4. The van der Waals surface area contributed by atoms with E-state index in [4.69, 9.17) is 14.2 Å². The van der Waals surface area contributed by atoms with Crippen LogP contribution in [-0.4, -0.2) is 55.2 Å². The number of methoxy groups -OCH3 is 2. The smallest absolute Gasteiger partial charge is 0.344 e. The predicted molar refractivity (Wildman–Crippen MR) is 99.2 cm³/mol. The molecule has 4 amide bonds. The van der Waals surface area contributed by atoms with Gasteiger partial charge in [-0.25, -0.2) is 9.59 Å². The highest BCUT2D eigenvalue weighted by molar-refractivity contribution is 6.08. The van der Waals surface area contributed by atoms with E-state index in [1.165, 1.54) is 26.4 Å². The molecule has 0 atom stereocenters. The van der Waals surface area contributed by atoms with Gasteiger partial charge < -0.3 is 19.5 Å². The number of ether oxygens (including phenoxy) is 3. The molecular formula is C19H23N3O7. The largest absolute Gasteiger partial charge is 0.497 e. The summed E-state index contributed by atoms with van der Waals surface area (Å²) in [6.07, 6.45) is 3.73. The lowest BCUT2D eigenvalue weighted by Crippen LogP contribution is -2.51. The van der Waals surface area contributed by atoms with Crippen LogP contribution in [0.25, 0.3) is 0 Å². The minimum Gasteiger partial charge on any atom is -0.497 e. The van der Waals surface area contributed by atoms with E-state index in [-0.39, 0.29) is 11.3 Å². The molecule has 1 aromatic carbocycles. The van der Waals surface area contributed by atoms with E-state index in [0.29, 0.717) is 23.6 Å². The fraction of sp³-hybridized carbons (Fsp3) is 0.474. The molecule has 1 aromatic rings. The highest BCUT2D eigenvalue weighted by Gasteiger charge is 2.52. The molecule has 2 fully saturated rings. The van der Waals surface area contributed by atoms with E-state index in [1.54, 1.807) is 6.07 Å². The molecule has 0 radical (unpaired) electrons. The number of nitrogens with one attached hydrogen (secondary N) is 2. The molecule has 29 heavy (non-hydrogen) atoms. The maximum absolute atomic E-state index is 12.6. The van der Waals surface area contributed by atoms with Crippen LogP contribution in [0.4, 0.5) is 4.79 Å². The molecule has 1 saturated heterocycles. The van der Waals surface area contributed by atoms with Crippen molar-refractivity contribution in [3.63, 3.8) is 0 Å². The Labute approximate surface area is 167 Å². The minimum atomic E-state index is -0.951. The van der Waals surface area contributed by atoms with Crippen molar-refractivity contribution in [2.45, 2.75) is 37.6 Å². The maximum atomic E-state index is 12.6. The number of urea groups is 1. The van der Waals surface area contributed by atoms with E-state index < -0.39 is 36.0 Å². The SMILES string of the molecule is COc1ccc(OC)c(C(=O)OCC(=O)NN2C(=O)NC3(CCCCC3)C2=O)c1. The van der Waals surface area contributed by atoms with E-state index in [2.05, 4.69) is 10.7 Å². The summed E-state index contributed by atoms with van der Waals surface area (Å²) in [5.74, 6) is -1.44. The Balaban J connectivity index is 1.59. The Hall–Kier alpha value is -3.30. The Morgan fingerprint density at radius 2 is 1.86 bits per heavy atom. The molecule has 2 N–H and O–H groups in total. The zero-order valence-corrected chi connectivity index (χ0v) is 16.3. The average molecular weight is 405 g/mol. The third-order valence-corrected chi connectivity index (χ3v) is 5.07. The van der Waals surface area contributed by atoms with Gasteiger partial charge in [-0.3, -0.25) is 15.0 Å². The molecule has 156 valence electrons. The molecule has 1 aliphatic carbocycles. The van der Waals surface area contributed by atoms with Crippen LogP contribution in [0.3, 0.4) is 0 Å². The number of hydrogen-bond donors (Lipinski definition) is 2. The van der Waals surface area contributed by atoms with Crippen LogP contribution in [0, 0.1) is 0 Å². The van der Waals surface area contributed by atoms with Gasteiger partial charge in [-0.1, -0.05) is 19.3 Å². The number of carbonyl (C=O) groups excluding carboxylic acids is 4. The van der Waals surface area contributed by atoms with Crippen molar-refractivity contribution in [2.24, 2.45) is 0 Å². The Morgan fingerprint density at radius 1 is 1.14 bits per heavy atom. The first kappa shape index (κ1) is 20.4. The van der Waals surface area contributed by atoms with E-state index >= 15 is 0 Å². The number of imide groups is 1. The summed E-state index contributed by atoms with van der Waals surface area (Å²) in [6, 6.07) is 3.88. The van der Waals surface area contributed by atoms with Gasteiger partial charge in [0.15, 0.2) is 6.61 Å². The van der Waals surface area contributed by atoms with Crippen molar-refractivity contribution in [1.29, 1.82) is 0 Å². The summed E-state index contributed by atoms with van der Waals surface area (Å²) >= 11 is 0. The first-order chi connectivity index (χ1) is 13.9. The number of esters is 1. The van der Waals surface area contributed by atoms with Crippen LogP contribution in [0.15, 0.2) is 18.2 Å². The van der Waals surface area contributed by atoms with Crippen molar-refractivity contribution in [2.75, 3.05) is 20.8 Å². The summed E-state index contributed by atoms with van der Waals surface area (Å²) in [5.41, 5.74) is 1.34. The van der Waals surface area contributed by atoms with Crippen molar-refractivity contribution in [1.82, 2.24) is 15.8 Å². The summed E-state index contributed by atoms with van der Waals surface area (Å²) < 4.78 is 15.2. The van der Waals surface area contributed by atoms with Gasteiger partial charge in [-0.05, 0) is 31.0 Å². The van der Waals surface area contributed by atoms with Gasteiger partial charge in [0, 0.05) is 0 Å². The van der Waals surface area contributed by atoms with Crippen molar-refractivity contribution in [3.05, 3.63) is 23.8 Å². The third-order valence-electron chi connectivity index (χ3n) is 5.07. The molecule has 1 spiro atoms. The zero-order valence-electron chi connectivity index (χ0n) is 16.3. The number of benzene rings is 1. The Morgan fingerprint density at radius 3 is 2.52 bits per heavy atom. The molecule has 10 nitrogen and oxygen atoms in total. The van der Waals surface area contributed by atoms with Gasteiger partial charge >= 0.3 is 12.0 Å². The molecular weight excluding hydrogens is 382 g/mol. The molecule has 1 saturated carbocycles. The molecule has 2 aliphatic rings. The van der Waals surface area contributed by atoms with Crippen molar-refractivity contribution < 1.29 is 33.4 Å². The lowest BCUT2D eigenvalue weighted by atomic mass is 9.82. The summed E-state index contributed by atoms with van der Waals surface area (Å²) in [5, 5.41) is 3.34. The van der Waals surface area contributed by atoms with Gasteiger partial charge in [0.25, 0.3) is 11.8 Å². The third kappa shape index (κ3) is 4.10. The van der Waals surface area contributed by atoms with Gasteiger partial charge in [-0.2, -0.15) is 5.01 Å². The molecule has 1 aliphatic heterocycles. The fourth-order valence-corrected chi connectivity index (χ4v) is 3.56. The zero-order chi connectivity index (χ0) is 21.0. The highest BCUT2D eigenvalue weighted by atomic mass is 16.5. The first-order valence-corrected chi connectivity index (χ1v) is 9.25. The van der Waals surface area contributed by atoms with Crippen LogP contribution in [0.5, 0.6) is 11.5 Å². The van der Waals surface area contributed by atoms with Gasteiger partial charge in [0.05, 0.1) is 14.2 Å². The normalized spacial score (nSPS) is 17.7. The second-order valence-corrected chi connectivity index (χ2v) is 6.89. The van der Waals surface area contributed by atoms with Crippen LogP contribution >= 0.6 is 0 Å². The van der Waals surface area contributed by atoms with Gasteiger partial charge in [0.2, 0.25) is 0 Å². The van der Waals surface area contributed by atoms with Crippen LogP contribution in [-0.2, 0) is 14.3 Å². The van der Waals surface area contributed by atoms with Gasteiger partial charge in [-0.15, -0.1) is 0 Å². The number of amides is 4. The number of rotatable bonds is 6. The standard InChI is InChI=1S/C19H23N3O7/c1-27-12-6-7-14(28-2)13(10-12)16(24)29-11-15(23)21-22-17(25)19(20-18(22)26)8-4-3-5-9-19/h6-7,10H,3-5,8-9,11H2,1-2H3,(H,20,26)(H,21,23). The monoisotopic (exact) mass is 405 g/mol. The molecule has 0 aromatic heterocycles. The molecule has 1 heterocycles. The average Bonchev–Trinajstić information content (AvgIpc) is 2.95. The number of hydrazine groups is 1. The highest BCUT2D eigenvalue weighted by Crippen LogP contribution is 2.33. The molecule has 10 heteroatoms. The fourth-order valence-electron chi connectivity index (χ4n) is 3.56. The van der Waals surface area contributed by atoms with Crippen LogP contribution in [0.2, 0.25) is 0 Å². The molecule has 0 unspecified atom stereocenters. The van der Waals surface area contributed by atoms with Crippen molar-refractivity contribution >= 4 is 23.8 Å². The first-order valence-electron chi connectivity index (χ1n) is 9.25. The van der Waals surface area contributed by atoms with E-state index in [9.17, 15) is 19.2 Å². The topological polar surface area (TPSA) is 123 Å². The second kappa shape index (κ2) is 8.38. The molecule has 0 bridgehead atoms. The molecule has 3 rings (SSSR count). The van der Waals surface area contributed by atoms with E-state index in [1.807, 2.05) is 0 Å². The summed E-state index contributed by atoms with van der Waals surface area (Å²) in [6.45, 7) is -0.677. The summed E-state index contributed by atoms with van der Waals surface area (Å²) in [4.78, 5) is 49.2. The predicted octanol–water partition coefficient (Wildman–Crippen LogP) is 1.15.